The number of anilines is 1. The van der Waals surface area contributed by atoms with Gasteiger partial charge in [-0.2, -0.15) is 0 Å². The molecule has 6 N–H and O–H groups in total. The van der Waals surface area contributed by atoms with Crippen molar-refractivity contribution in [2.45, 2.75) is 51.3 Å². The molecule has 0 saturated carbocycles. The maximum atomic E-state index is 13.9. The molecule has 1 aliphatic rings. The zero-order valence-corrected chi connectivity index (χ0v) is 25.6. The molecular weight excluding hydrogens is 564 g/mol. The van der Waals surface area contributed by atoms with E-state index >= 15 is 0 Å². The Morgan fingerprint density at radius 1 is 1.07 bits per heavy atom. The van der Waals surface area contributed by atoms with E-state index in [-0.39, 0.29) is 12.5 Å². The molecule has 2 heterocycles. The van der Waals surface area contributed by atoms with Crippen molar-refractivity contribution < 1.29 is 23.7 Å². The third-order valence-corrected chi connectivity index (χ3v) is 9.97. The molecule has 9 nitrogen and oxygen atoms in total. The van der Waals surface area contributed by atoms with Crippen LogP contribution in [0.1, 0.15) is 46.8 Å². The minimum atomic E-state index is -3.00. The van der Waals surface area contributed by atoms with Gasteiger partial charge >= 0.3 is 0 Å². The third kappa shape index (κ3) is 7.34. The molecular formula is C33H42N4O5S. The van der Waals surface area contributed by atoms with E-state index in [1.807, 2.05) is 73.8 Å². The highest BCUT2D eigenvalue weighted by Gasteiger charge is 2.30. The summed E-state index contributed by atoms with van der Waals surface area (Å²) in [6, 6.07) is 20.5. The second kappa shape index (κ2) is 13.8. The smallest absolute Gasteiger partial charge is 0.251 e. The topological polar surface area (TPSA) is 130 Å². The molecule has 1 aliphatic heterocycles. The summed E-state index contributed by atoms with van der Waals surface area (Å²) in [5.41, 5.74) is 4.88. The number of aliphatic hydroxyl groups is 1. The molecule has 0 radical (unpaired) electrons. The largest absolute Gasteiger partial charge is 0.497 e. The molecule has 0 bridgehead atoms. The molecule has 0 spiro atoms. The first kappa shape index (κ1) is 30.9. The second-order valence-electron chi connectivity index (χ2n) is 11.1. The maximum Gasteiger partial charge on any atom is 0.251 e. The van der Waals surface area contributed by atoms with E-state index in [9.17, 15) is 19.0 Å². The Morgan fingerprint density at radius 2 is 1.86 bits per heavy atom. The van der Waals surface area contributed by atoms with Crippen molar-refractivity contribution in [3.05, 3.63) is 95.2 Å². The summed E-state index contributed by atoms with van der Waals surface area (Å²) in [6.07, 6.45) is 3.84. The Balaban J connectivity index is 1.39. The number of hydrogen-bond donors (Lipinski definition) is 6. The number of carbonyl (C=O) groups is 1. The number of ether oxygens (including phenoxy) is 1. The Kier molecular flexibility index (Phi) is 9.94. The molecule has 1 fully saturated rings. The number of aliphatic hydroxyl groups excluding tert-OH is 1. The van der Waals surface area contributed by atoms with Crippen molar-refractivity contribution in [1.29, 1.82) is 0 Å². The first-order chi connectivity index (χ1) is 20.8. The minimum Gasteiger partial charge on any atom is -0.497 e. The van der Waals surface area contributed by atoms with Crippen LogP contribution in [0.2, 0.25) is 0 Å². The molecule has 2 atom stereocenters. The molecule has 5 rings (SSSR count). The van der Waals surface area contributed by atoms with Gasteiger partial charge in [0.15, 0.2) is 0 Å². The molecule has 3 aromatic carbocycles. The molecule has 43 heavy (non-hydrogen) atoms. The Morgan fingerprint density at radius 3 is 2.60 bits per heavy atom. The van der Waals surface area contributed by atoms with E-state index in [0.29, 0.717) is 36.5 Å². The highest BCUT2D eigenvalue weighted by molar-refractivity contribution is 8.25. The van der Waals surface area contributed by atoms with Crippen LogP contribution in [0.25, 0.3) is 10.9 Å². The number of nitrogens with one attached hydrogen (secondary N) is 3. The molecule has 1 aromatic heterocycles. The molecule has 1 saturated heterocycles. The molecule has 0 aliphatic carbocycles. The summed E-state index contributed by atoms with van der Waals surface area (Å²) >= 11 is 0. The quantitative estimate of drug-likeness (QED) is 0.126. The number of H-pyrrole nitrogens is 1. The number of carbonyl (C=O) groups excluding carboxylic acids is 1. The summed E-state index contributed by atoms with van der Waals surface area (Å²) in [7, 11) is -1.37. The SMILES string of the molecule is CCc1c[nH]c2c(N3CCCCS3(O)O)cc(C(=O)N[C@@H](Cc3ccccc3)[C@@H](O)CNCc3cccc(OC)c3)cc12. The van der Waals surface area contributed by atoms with Crippen LogP contribution in [0.15, 0.2) is 72.9 Å². The van der Waals surface area contributed by atoms with Crippen molar-refractivity contribution >= 4 is 33.3 Å². The molecule has 0 unspecified atom stereocenters. The number of aromatic amines is 1. The fraction of sp³-hybridized carbons (Fsp3) is 0.364. The standard InChI is InChI=1S/C33H42N4O5S/c1-3-25-21-35-32-28(25)18-26(19-30(32)37-14-7-8-15-43(37,40)41)33(39)36-29(17-23-10-5-4-6-11-23)31(38)22-34-20-24-12-9-13-27(16-24)42-2/h4-6,9-13,16,18-19,21,29,31,34-35,38,40-41H,3,7-8,14-15,17,20,22H2,1-2H3,(H,36,39)/t29-,31-/m0/s1. The number of amides is 1. The predicted octanol–water partition coefficient (Wildman–Crippen LogP) is 5.50. The van der Waals surface area contributed by atoms with Crippen molar-refractivity contribution in [2.24, 2.45) is 0 Å². The number of aromatic nitrogens is 1. The number of hydrogen-bond acceptors (Lipinski definition) is 7. The van der Waals surface area contributed by atoms with E-state index in [2.05, 4.69) is 15.6 Å². The zero-order valence-electron chi connectivity index (χ0n) is 24.8. The average Bonchev–Trinajstić information content (AvgIpc) is 3.44. The van der Waals surface area contributed by atoms with E-state index in [1.165, 1.54) is 0 Å². The number of nitrogens with zero attached hydrogens (tertiary/aromatic N) is 1. The maximum absolute atomic E-state index is 13.9. The fourth-order valence-electron chi connectivity index (χ4n) is 5.67. The van der Waals surface area contributed by atoms with Crippen molar-refractivity contribution in [3.63, 3.8) is 0 Å². The summed E-state index contributed by atoms with van der Waals surface area (Å²) in [4.78, 5) is 17.2. The minimum absolute atomic E-state index is 0.270. The monoisotopic (exact) mass is 606 g/mol. The van der Waals surface area contributed by atoms with Crippen LogP contribution in [0, 0.1) is 0 Å². The van der Waals surface area contributed by atoms with Crippen LogP contribution >= 0.6 is 10.8 Å². The highest BCUT2D eigenvalue weighted by Crippen LogP contribution is 2.51. The van der Waals surface area contributed by atoms with Crippen LogP contribution in [0.4, 0.5) is 5.69 Å². The number of aryl methyl sites for hydroxylation is 1. The highest BCUT2D eigenvalue weighted by atomic mass is 32.3. The summed E-state index contributed by atoms with van der Waals surface area (Å²) < 4.78 is 28.8. The van der Waals surface area contributed by atoms with E-state index in [1.54, 1.807) is 17.5 Å². The van der Waals surface area contributed by atoms with Gasteiger partial charge in [0.05, 0.1) is 36.2 Å². The molecule has 4 aromatic rings. The van der Waals surface area contributed by atoms with Crippen LogP contribution in [-0.4, -0.2) is 63.2 Å². The Bertz CT molecular complexity index is 1530. The summed E-state index contributed by atoms with van der Waals surface area (Å²) in [6.45, 7) is 3.35. The second-order valence-corrected chi connectivity index (χ2v) is 13.2. The Hall–Kier alpha value is -3.54. The molecule has 230 valence electrons. The molecule has 1 amide bonds. The molecule has 10 heteroatoms. The van der Waals surface area contributed by atoms with Gasteiger partial charge in [0.2, 0.25) is 0 Å². The Labute approximate surface area is 254 Å². The van der Waals surface area contributed by atoms with Gasteiger partial charge in [-0.1, -0.05) is 49.4 Å². The zero-order chi connectivity index (χ0) is 30.4. The van der Waals surface area contributed by atoms with Crippen LogP contribution < -0.4 is 19.7 Å². The van der Waals surface area contributed by atoms with Gasteiger partial charge in [-0.25, -0.2) is 0 Å². The van der Waals surface area contributed by atoms with E-state index in [0.717, 1.165) is 52.6 Å². The average molecular weight is 607 g/mol. The normalized spacial score (nSPS) is 16.9. The van der Waals surface area contributed by atoms with Gasteiger partial charge in [-0.05, 0) is 66.6 Å². The van der Waals surface area contributed by atoms with Crippen molar-refractivity contribution in [2.75, 3.05) is 30.3 Å². The van der Waals surface area contributed by atoms with E-state index < -0.39 is 22.9 Å². The van der Waals surface area contributed by atoms with Gasteiger partial charge in [0.1, 0.15) is 5.75 Å². The van der Waals surface area contributed by atoms with Gasteiger partial charge in [0.25, 0.3) is 5.91 Å². The van der Waals surface area contributed by atoms with E-state index in [4.69, 9.17) is 4.74 Å². The van der Waals surface area contributed by atoms with Crippen LogP contribution in [-0.2, 0) is 19.4 Å². The number of fused-ring (bicyclic) bond motifs is 1. The predicted molar refractivity (Wildman–Crippen MR) is 174 cm³/mol. The summed E-state index contributed by atoms with van der Waals surface area (Å²) in [5.74, 6) is 0.748. The van der Waals surface area contributed by atoms with Gasteiger partial charge < -0.3 is 25.5 Å². The van der Waals surface area contributed by atoms with Crippen LogP contribution in [0.3, 0.4) is 0 Å². The summed E-state index contributed by atoms with van der Waals surface area (Å²) in [5, 5.41) is 18.6. The number of rotatable bonds is 12. The first-order valence-corrected chi connectivity index (χ1v) is 16.5. The number of benzene rings is 3. The first-order valence-electron chi connectivity index (χ1n) is 14.8. The van der Waals surface area contributed by atoms with Crippen molar-refractivity contribution in [1.82, 2.24) is 15.6 Å². The van der Waals surface area contributed by atoms with Gasteiger partial charge in [0, 0.05) is 36.8 Å². The lowest BCUT2D eigenvalue weighted by molar-refractivity contribution is 0.0830. The third-order valence-electron chi connectivity index (χ3n) is 8.04. The number of methoxy groups -OCH3 is 1. The van der Waals surface area contributed by atoms with Crippen LogP contribution in [0.5, 0.6) is 5.75 Å². The lowest BCUT2D eigenvalue weighted by Crippen LogP contribution is -2.48. The van der Waals surface area contributed by atoms with Crippen molar-refractivity contribution in [3.8, 4) is 5.75 Å². The van der Waals surface area contributed by atoms with Gasteiger partial charge in [-0.3, -0.25) is 18.2 Å². The lowest BCUT2D eigenvalue weighted by Gasteiger charge is -2.47. The lowest BCUT2D eigenvalue weighted by atomic mass is 9.99. The van der Waals surface area contributed by atoms with Gasteiger partial charge in [-0.15, -0.1) is 10.8 Å². The fourth-order valence-corrected chi connectivity index (χ4v) is 7.36.